The lowest BCUT2D eigenvalue weighted by atomic mass is 10.0. The molecule has 0 spiro atoms. The number of rotatable bonds is 32. The highest BCUT2D eigenvalue weighted by Crippen LogP contribution is 2.24. The van der Waals surface area contributed by atoms with E-state index in [2.05, 4.69) is 43.0 Å². The maximum Gasteiger partial charge on any atom is 0.101 e. The standard InChI is InChI=1S/C38H76N2/c1-4-7-10-12-14-16-18-20-22-24-26-28-30-32-35-40-37-36-39(34-9-6-3)38(40)33-31-29-27-25-23-21-19-17-15-13-11-8-5-2/h36-38H,4-35H2,1-3H3. The average Bonchev–Trinajstić information content (AvgIpc) is 3.35. The van der Waals surface area contributed by atoms with Gasteiger partial charge < -0.3 is 9.80 Å². The van der Waals surface area contributed by atoms with Crippen LogP contribution in [0, 0.1) is 0 Å². The van der Waals surface area contributed by atoms with Crippen molar-refractivity contribution >= 4 is 0 Å². The van der Waals surface area contributed by atoms with Crippen LogP contribution in [-0.2, 0) is 0 Å². The Morgan fingerprint density at radius 2 is 0.600 bits per heavy atom. The minimum Gasteiger partial charge on any atom is -0.356 e. The van der Waals surface area contributed by atoms with E-state index < -0.39 is 0 Å². The molecule has 2 nitrogen and oxygen atoms in total. The summed E-state index contributed by atoms with van der Waals surface area (Å²) in [5, 5.41) is 0. The van der Waals surface area contributed by atoms with Gasteiger partial charge in [0.05, 0.1) is 0 Å². The molecule has 0 N–H and O–H groups in total. The van der Waals surface area contributed by atoms with Gasteiger partial charge >= 0.3 is 0 Å². The molecule has 0 saturated carbocycles. The summed E-state index contributed by atoms with van der Waals surface area (Å²) in [7, 11) is 0. The highest BCUT2D eigenvalue weighted by atomic mass is 15.4. The highest BCUT2D eigenvalue weighted by Gasteiger charge is 2.24. The predicted molar refractivity (Wildman–Crippen MR) is 182 cm³/mol. The molecule has 0 aromatic heterocycles. The number of hydrogen-bond donors (Lipinski definition) is 0. The molecular weight excluding hydrogens is 484 g/mol. The molecule has 0 bridgehead atoms. The van der Waals surface area contributed by atoms with Crippen LogP contribution in [0.5, 0.6) is 0 Å². The van der Waals surface area contributed by atoms with E-state index in [0.29, 0.717) is 6.17 Å². The quantitative estimate of drug-likeness (QED) is 0.0755. The highest BCUT2D eigenvalue weighted by molar-refractivity contribution is 4.96. The monoisotopic (exact) mass is 561 g/mol. The van der Waals surface area contributed by atoms with E-state index in [1.165, 1.54) is 206 Å². The van der Waals surface area contributed by atoms with Crippen molar-refractivity contribution in [1.82, 2.24) is 9.80 Å². The zero-order chi connectivity index (χ0) is 28.8. The molecular formula is C38H76N2. The van der Waals surface area contributed by atoms with Gasteiger partial charge in [-0.1, -0.05) is 188 Å². The van der Waals surface area contributed by atoms with E-state index in [-0.39, 0.29) is 0 Å². The zero-order valence-electron chi connectivity index (χ0n) is 28.3. The second-order valence-corrected chi connectivity index (χ2v) is 13.2. The van der Waals surface area contributed by atoms with Gasteiger partial charge in [0.25, 0.3) is 0 Å². The summed E-state index contributed by atoms with van der Waals surface area (Å²) < 4.78 is 0. The first-order chi connectivity index (χ1) is 19.8. The van der Waals surface area contributed by atoms with Gasteiger partial charge in [-0.3, -0.25) is 0 Å². The lowest BCUT2D eigenvalue weighted by Crippen LogP contribution is -2.39. The molecule has 0 aliphatic carbocycles. The van der Waals surface area contributed by atoms with E-state index >= 15 is 0 Å². The van der Waals surface area contributed by atoms with Crippen molar-refractivity contribution in [2.75, 3.05) is 13.1 Å². The summed E-state index contributed by atoms with van der Waals surface area (Å²) in [4.78, 5) is 5.35. The van der Waals surface area contributed by atoms with E-state index in [4.69, 9.17) is 0 Å². The van der Waals surface area contributed by atoms with Gasteiger partial charge in [-0.05, 0) is 25.7 Å². The topological polar surface area (TPSA) is 6.48 Å². The van der Waals surface area contributed by atoms with Crippen molar-refractivity contribution in [1.29, 1.82) is 0 Å². The van der Waals surface area contributed by atoms with Crippen molar-refractivity contribution < 1.29 is 0 Å². The largest absolute Gasteiger partial charge is 0.356 e. The molecule has 1 aliphatic heterocycles. The fourth-order valence-corrected chi connectivity index (χ4v) is 6.51. The van der Waals surface area contributed by atoms with Crippen LogP contribution < -0.4 is 0 Å². The molecule has 1 atom stereocenters. The summed E-state index contributed by atoms with van der Waals surface area (Å²) in [6.45, 7) is 9.45. The van der Waals surface area contributed by atoms with Gasteiger partial charge in [-0.25, -0.2) is 0 Å². The minimum absolute atomic E-state index is 0.640. The third kappa shape index (κ3) is 22.0. The van der Waals surface area contributed by atoms with Gasteiger partial charge in [-0.15, -0.1) is 0 Å². The third-order valence-electron chi connectivity index (χ3n) is 9.32. The Kier molecular flexibility index (Phi) is 27.9. The zero-order valence-corrected chi connectivity index (χ0v) is 28.3. The molecule has 2 heteroatoms. The van der Waals surface area contributed by atoms with Crippen LogP contribution in [0.1, 0.15) is 213 Å². The Labute approximate surface area is 254 Å². The van der Waals surface area contributed by atoms with Gasteiger partial charge in [0.15, 0.2) is 0 Å². The summed E-state index contributed by atoms with van der Waals surface area (Å²) in [5.41, 5.74) is 0. The molecule has 0 aromatic rings. The van der Waals surface area contributed by atoms with E-state index in [1.807, 2.05) is 0 Å². The Balaban J connectivity index is 2.04. The molecule has 238 valence electrons. The van der Waals surface area contributed by atoms with Crippen LogP contribution in [0.25, 0.3) is 0 Å². The molecule has 1 aliphatic rings. The number of nitrogens with zero attached hydrogens (tertiary/aromatic N) is 2. The minimum atomic E-state index is 0.640. The SMILES string of the molecule is CCCCCCCCCCCCCCCCN1C=CN(CCCC)C1CCCCCCCCCCCCCCC. The number of unbranched alkanes of at least 4 members (excludes halogenated alkanes) is 26. The summed E-state index contributed by atoms with van der Waals surface area (Å²) >= 11 is 0. The van der Waals surface area contributed by atoms with Gasteiger partial charge in [0.1, 0.15) is 6.17 Å². The number of hydrogen-bond acceptors (Lipinski definition) is 2. The first-order valence-electron chi connectivity index (χ1n) is 19.0. The van der Waals surface area contributed by atoms with E-state index in [0.717, 1.165) is 0 Å². The predicted octanol–water partition coefficient (Wildman–Crippen LogP) is 13.2. The fraction of sp³-hybridized carbons (Fsp3) is 0.947. The summed E-state index contributed by atoms with van der Waals surface area (Å²) in [5.74, 6) is 0. The van der Waals surface area contributed by atoms with Crippen LogP contribution >= 0.6 is 0 Å². The first kappa shape index (κ1) is 37.4. The Morgan fingerprint density at radius 1 is 0.325 bits per heavy atom. The molecule has 0 saturated heterocycles. The lowest BCUT2D eigenvalue weighted by molar-refractivity contribution is 0.136. The summed E-state index contributed by atoms with van der Waals surface area (Å²) in [6.07, 6.45) is 48.5. The maximum absolute atomic E-state index is 2.69. The van der Waals surface area contributed by atoms with Crippen molar-refractivity contribution in [2.45, 2.75) is 220 Å². The van der Waals surface area contributed by atoms with Crippen LogP contribution in [-0.4, -0.2) is 29.1 Å². The Morgan fingerprint density at radius 3 is 0.950 bits per heavy atom. The molecule has 1 heterocycles. The van der Waals surface area contributed by atoms with Crippen LogP contribution in [0.3, 0.4) is 0 Å². The van der Waals surface area contributed by atoms with E-state index in [9.17, 15) is 0 Å². The second kappa shape index (κ2) is 29.8. The maximum atomic E-state index is 2.69. The van der Waals surface area contributed by atoms with Crippen LogP contribution in [0.2, 0.25) is 0 Å². The van der Waals surface area contributed by atoms with Gasteiger partial charge in [-0.2, -0.15) is 0 Å². The molecule has 0 aromatic carbocycles. The summed E-state index contributed by atoms with van der Waals surface area (Å²) in [6, 6.07) is 0. The first-order valence-corrected chi connectivity index (χ1v) is 19.0. The average molecular weight is 561 g/mol. The van der Waals surface area contributed by atoms with Gasteiger partial charge in [0.2, 0.25) is 0 Å². The van der Waals surface area contributed by atoms with Crippen LogP contribution in [0.15, 0.2) is 12.4 Å². The second-order valence-electron chi connectivity index (χ2n) is 13.2. The Hall–Kier alpha value is -0.660. The normalized spacial score (nSPS) is 15.1. The molecule has 0 amide bonds. The van der Waals surface area contributed by atoms with Gasteiger partial charge in [0, 0.05) is 25.5 Å². The fourth-order valence-electron chi connectivity index (χ4n) is 6.51. The molecule has 1 rings (SSSR count). The molecule has 1 unspecified atom stereocenters. The van der Waals surface area contributed by atoms with Crippen molar-refractivity contribution in [3.05, 3.63) is 12.4 Å². The molecule has 0 fully saturated rings. The lowest BCUT2D eigenvalue weighted by Gasteiger charge is -2.33. The third-order valence-corrected chi connectivity index (χ3v) is 9.32. The molecule has 40 heavy (non-hydrogen) atoms. The Bertz CT molecular complexity index is 516. The van der Waals surface area contributed by atoms with Crippen molar-refractivity contribution in [3.8, 4) is 0 Å². The van der Waals surface area contributed by atoms with Crippen molar-refractivity contribution in [3.63, 3.8) is 0 Å². The molecule has 0 radical (unpaired) electrons. The van der Waals surface area contributed by atoms with Crippen LogP contribution in [0.4, 0.5) is 0 Å². The van der Waals surface area contributed by atoms with E-state index in [1.54, 1.807) is 0 Å². The van der Waals surface area contributed by atoms with Crippen molar-refractivity contribution in [2.24, 2.45) is 0 Å². The smallest absolute Gasteiger partial charge is 0.101 e.